The fourth-order valence-corrected chi connectivity index (χ4v) is 3.50. The molecule has 1 aromatic heterocycles. The van der Waals surface area contributed by atoms with Crippen LogP contribution in [0.15, 0.2) is 18.5 Å². The largest absolute Gasteiger partial charge is 0.478 e. The molecule has 2 aliphatic rings. The van der Waals surface area contributed by atoms with Crippen molar-refractivity contribution < 1.29 is 9.90 Å². The molecule has 0 aromatic carbocycles. The molecule has 0 radical (unpaired) electrons. The lowest BCUT2D eigenvalue weighted by Crippen LogP contribution is -2.35. The minimum absolute atomic E-state index is 0.385. The first-order valence-corrected chi connectivity index (χ1v) is 6.71. The molecule has 2 atom stereocenters. The van der Waals surface area contributed by atoms with Crippen LogP contribution < -0.4 is 4.90 Å². The Labute approximate surface area is 107 Å². The van der Waals surface area contributed by atoms with Gasteiger partial charge in [-0.05, 0) is 31.2 Å². The normalized spacial score (nSPS) is 27.0. The lowest BCUT2D eigenvalue weighted by atomic mass is 9.85. The molecule has 4 nitrogen and oxygen atoms in total. The third kappa shape index (κ3) is 1.85. The van der Waals surface area contributed by atoms with Crippen molar-refractivity contribution >= 4 is 11.7 Å². The third-order valence-corrected chi connectivity index (χ3v) is 4.35. The molecule has 1 aliphatic carbocycles. The van der Waals surface area contributed by atoms with Gasteiger partial charge in [-0.2, -0.15) is 0 Å². The van der Waals surface area contributed by atoms with Crippen LogP contribution in [0.1, 0.15) is 42.5 Å². The number of rotatable bonds is 2. The van der Waals surface area contributed by atoms with Gasteiger partial charge in [0.15, 0.2) is 0 Å². The molecule has 4 heteroatoms. The average molecular weight is 246 g/mol. The average Bonchev–Trinajstić information content (AvgIpc) is 2.82. The summed E-state index contributed by atoms with van der Waals surface area (Å²) >= 11 is 0. The maximum Gasteiger partial charge on any atom is 0.337 e. The summed E-state index contributed by atoms with van der Waals surface area (Å²) in [5.41, 5.74) is 1.19. The van der Waals surface area contributed by atoms with Crippen LogP contribution in [0.2, 0.25) is 0 Å². The molecule has 2 fully saturated rings. The summed E-state index contributed by atoms with van der Waals surface area (Å²) in [6.07, 6.45) is 9.54. The van der Waals surface area contributed by atoms with Crippen LogP contribution >= 0.6 is 0 Å². The summed E-state index contributed by atoms with van der Waals surface area (Å²) in [5.74, 6) is -0.104. The van der Waals surface area contributed by atoms with E-state index in [0.717, 1.165) is 18.2 Å². The zero-order valence-corrected chi connectivity index (χ0v) is 10.4. The van der Waals surface area contributed by atoms with Gasteiger partial charge in [0, 0.05) is 18.8 Å². The standard InChI is InChI=1S/C14H18N2O2/c17-14(18)11-5-7-15-9-13(11)16-8-6-10-3-1-2-4-12(10)16/h5,7,9-10,12H,1-4,6,8H2,(H,17,18). The molecule has 18 heavy (non-hydrogen) atoms. The van der Waals surface area contributed by atoms with Crippen molar-refractivity contribution in [2.75, 3.05) is 11.4 Å². The molecule has 1 N–H and O–H groups in total. The van der Waals surface area contributed by atoms with E-state index >= 15 is 0 Å². The van der Waals surface area contributed by atoms with Crippen molar-refractivity contribution in [3.8, 4) is 0 Å². The fraction of sp³-hybridized carbons (Fsp3) is 0.571. The number of carboxylic acids is 1. The van der Waals surface area contributed by atoms with Crippen LogP contribution in [0.3, 0.4) is 0 Å². The number of aromatic nitrogens is 1. The second kappa shape index (κ2) is 4.59. The van der Waals surface area contributed by atoms with Crippen LogP contribution in [-0.4, -0.2) is 28.6 Å². The highest BCUT2D eigenvalue weighted by Crippen LogP contribution is 2.39. The molecule has 0 spiro atoms. The number of hydrogen-bond donors (Lipinski definition) is 1. The second-order valence-electron chi connectivity index (χ2n) is 5.29. The van der Waals surface area contributed by atoms with Gasteiger partial charge in [0.1, 0.15) is 0 Å². The Morgan fingerprint density at radius 3 is 3.00 bits per heavy atom. The van der Waals surface area contributed by atoms with Gasteiger partial charge in [0.2, 0.25) is 0 Å². The molecule has 2 heterocycles. The quantitative estimate of drug-likeness (QED) is 0.871. The fourth-order valence-electron chi connectivity index (χ4n) is 3.50. The summed E-state index contributed by atoms with van der Waals surface area (Å²) in [6.45, 7) is 0.974. The zero-order valence-electron chi connectivity index (χ0n) is 10.4. The highest BCUT2D eigenvalue weighted by molar-refractivity contribution is 5.94. The van der Waals surface area contributed by atoms with Crippen LogP contribution in [0.25, 0.3) is 0 Å². The Balaban J connectivity index is 1.93. The van der Waals surface area contributed by atoms with Crippen molar-refractivity contribution in [1.82, 2.24) is 4.98 Å². The highest BCUT2D eigenvalue weighted by atomic mass is 16.4. The summed E-state index contributed by atoms with van der Waals surface area (Å²) in [4.78, 5) is 17.7. The lowest BCUT2D eigenvalue weighted by molar-refractivity contribution is 0.0697. The molecule has 0 amide bonds. The molecular weight excluding hydrogens is 228 g/mol. The second-order valence-corrected chi connectivity index (χ2v) is 5.29. The lowest BCUT2D eigenvalue weighted by Gasteiger charge is -2.33. The van der Waals surface area contributed by atoms with Crippen LogP contribution in [0.4, 0.5) is 5.69 Å². The first-order chi connectivity index (χ1) is 8.77. The molecular formula is C14H18N2O2. The van der Waals surface area contributed by atoms with Gasteiger partial charge in [-0.15, -0.1) is 0 Å². The highest BCUT2D eigenvalue weighted by Gasteiger charge is 2.37. The van der Waals surface area contributed by atoms with Gasteiger partial charge in [-0.25, -0.2) is 4.79 Å². The Hall–Kier alpha value is -1.58. The summed E-state index contributed by atoms with van der Waals surface area (Å²) in [7, 11) is 0. The minimum atomic E-state index is -0.855. The first-order valence-electron chi connectivity index (χ1n) is 6.71. The van der Waals surface area contributed by atoms with E-state index in [1.165, 1.54) is 32.1 Å². The van der Waals surface area contributed by atoms with E-state index < -0.39 is 5.97 Å². The number of carbonyl (C=O) groups is 1. The topological polar surface area (TPSA) is 53.4 Å². The van der Waals surface area contributed by atoms with Gasteiger partial charge in [0.05, 0.1) is 17.4 Å². The molecule has 1 aliphatic heterocycles. The van der Waals surface area contributed by atoms with Crippen molar-refractivity contribution in [1.29, 1.82) is 0 Å². The van der Waals surface area contributed by atoms with Gasteiger partial charge in [-0.1, -0.05) is 12.8 Å². The molecule has 3 rings (SSSR count). The molecule has 1 aromatic rings. The zero-order chi connectivity index (χ0) is 12.5. The smallest absolute Gasteiger partial charge is 0.337 e. The Kier molecular flexibility index (Phi) is 2.94. The molecule has 2 unspecified atom stereocenters. The van der Waals surface area contributed by atoms with E-state index in [9.17, 15) is 9.90 Å². The van der Waals surface area contributed by atoms with Crippen LogP contribution in [0.5, 0.6) is 0 Å². The predicted molar refractivity (Wildman–Crippen MR) is 68.9 cm³/mol. The Morgan fingerprint density at radius 2 is 2.17 bits per heavy atom. The van der Waals surface area contributed by atoms with Gasteiger partial charge >= 0.3 is 5.97 Å². The van der Waals surface area contributed by atoms with E-state index in [4.69, 9.17) is 0 Å². The van der Waals surface area contributed by atoms with E-state index in [0.29, 0.717) is 11.6 Å². The number of aromatic carboxylic acids is 1. The van der Waals surface area contributed by atoms with E-state index in [1.54, 1.807) is 18.5 Å². The number of hydrogen-bond acceptors (Lipinski definition) is 3. The van der Waals surface area contributed by atoms with E-state index in [1.807, 2.05) is 0 Å². The van der Waals surface area contributed by atoms with Crippen molar-refractivity contribution in [3.63, 3.8) is 0 Å². The summed E-state index contributed by atoms with van der Waals surface area (Å²) < 4.78 is 0. The maximum absolute atomic E-state index is 11.3. The molecule has 1 saturated carbocycles. The van der Waals surface area contributed by atoms with Crippen LogP contribution in [-0.2, 0) is 0 Å². The van der Waals surface area contributed by atoms with Crippen molar-refractivity contribution in [2.45, 2.75) is 38.1 Å². The van der Waals surface area contributed by atoms with Gasteiger partial charge in [0.25, 0.3) is 0 Å². The number of anilines is 1. The minimum Gasteiger partial charge on any atom is -0.478 e. The number of nitrogens with zero attached hydrogens (tertiary/aromatic N) is 2. The number of fused-ring (bicyclic) bond motifs is 1. The van der Waals surface area contributed by atoms with E-state index in [-0.39, 0.29) is 0 Å². The van der Waals surface area contributed by atoms with Crippen molar-refractivity contribution in [2.24, 2.45) is 5.92 Å². The Bertz CT molecular complexity index is 461. The van der Waals surface area contributed by atoms with Crippen molar-refractivity contribution in [3.05, 3.63) is 24.0 Å². The summed E-state index contributed by atoms with van der Waals surface area (Å²) in [6, 6.07) is 2.13. The monoisotopic (exact) mass is 246 g/mol. The van der Waals surface area contributed by atoms with Gasteiger partial charge < -0.3 is 10.0 Å². The predicted octanol–water partition coefficient (Wildman–Crippen LogP) is 2.55. The Morgan fingerprint density at radius 1 is 1.33 bits per heavy atom. The molecule has 0 bridgehead atoms. The third-order valence-electron chi connectivity index (χ3n) is 4.35. The van der Waals surface area contributed by atoms with Gasteiger partial charge in [-0.3, -0.25) is 4.98 Å². The maximum atomic E-state index is 11.3. The molecule has 96 valence electrons. The number of carboxylic acid groups (broad SMARTS) is 1. The SMILES string of the molecule is O=C(O)c1ccncc1N1CCC2CCCCC21. The number of pyridine rings is 1. The molecule has 1 saturated heterocycles. The van der Waals surface area contributed by atoms with E-state index in [2.05, 4.69) is 9.88 Å². The van der Waals surface area contributed by atoms with Crippen LogP contribution in [0, 0.1) is 5.92 Å². The first kappa shape index (κ1) is 11.5. The summed E-state index contributed by atoms with van der Waals surface area (Å²) in [5, 5.41) is 9.27.